The van der Waals surface area contributed by atoms with Gasteiger partial charge in [-0.1, -0.05) is 12.1 Å². The van der Waals surface area contributed by atoms with E-state index in [1.807, 2.05) is 34.6 Å². The van der Waals surface area contributed by atoms with Crippen LogP contribution in [0.5, 0.6) is 0 Å². The van der Waals surface area contributed by atoms with Crippen molar-refractivity contribution in [2.75, 3.05) is 13.1 Å². The van der Waals surface area contributed by atoms with Gasteiger partial charge in [0.15, 0.2) is 0 Å². The SMILES string of the molecule is CCCC(=O)N1CCCC(c2nc(-c3ccc4cncn4c3)no2)C1. The molecule has 25 heavy (non-hydrogen) atoms. The molecule has 4 heterocycles. The van der Waals surface area contributed by atoms with E-state index in [2.05, 4.69) is 15.1 Å². The largest absolute Gasteiger partial charge is 0.342 e. The molecule has 1 amide bonds. The molecular formula is C18H21N5O2. The molecule has 4 rings (SSSR count). The van der Waals surface area contributed by atoms with Crippen LogP contribution in [0, 0.1) is 0 Å². The number of amides is 1. The van der Waals surface area contributed by atoms with Gasteiger partial charge in [0.1, 0.15) is 0 Å². The van der Waals surface area contributed by atoms with Gasteiger partial charge in [-0.05, 0) is 31.4 Å². The molecule has 1 saturated heterocycles. The number of likely N-dealkylation sites (tertiary alicyclic amines) is 1. The zero-order valence-electron chi connectivity index (χ0n) is 14.3. The van der Waals surface area contributed by atoms with Crippen LogP contribution >= 0.6 is 0 Å². The molecule has 0 saturated carbocycles. The van der Waals surface area contributed by atoms with E-state index in [4.69, 9.17) is 4.52 Å². The molecule has 7 nitrogen and oxygen atoms in total. The van der Waals surface area contributed by atoms with Gasteiger partial charge in [0, 0.05) is 31.3 Å². The molecule has 130 valence electrons. The molecule has 0 aromatic carbocycles. The zero-order valence-corrected chi connectivity index (χ0v) is 14.3. The summed E-state index contributed by atoms with van der Waals surface area (Å²) in [6.45, 7) is 3.52. The minimum atomic E-state index is 0.118. The molecule has 0 bridgehead atoms. The molecule has 3 aromatic rings. The third-order valence-corrected chi connectivity index (χ3v) is 4.69. The average Bonchev–Trinajstić information content (AvgIpc) is 3.31. The van der Waals surface area contributed by atoms with Crippen molar-refractivity contribution in [3.8, 4) is 11.4 Å². The predicted octanol–water partition coefficient (Wildman–Crippen LogP) is 2.89. The Morgan fingerprint density at radius 2 is 2.32 bits per heavy atom. The molecule has 1 aliphatic heterocycles. The highest BCUT2D eigenvalue weighted by molar-refractivity contribution is 5.76. The first kappa shape index (κ1) is 15.8. The molecule has 1 fully saturated rings. The van der Waals surface area contributed by atoms with Crippen molar-refractivity contribution in [2.45, 2.75) is 38.5 Å². The minimum Gasteiger partial charge on any atom is -0.342 e. The van der Waals surface area contributed by atoms with Crippen LogP contribution < -0.4 is 0 Å². The second-order valence-corrected chi connectivity index (χ2v) is 6.53. The van der Waals surface area contributed by atoms with Crippen LogP contribution in [-0.2, 0) is 4.79 Å². The van der Waals surface area contributed by atoms with Crippen LogP contribution in [-0.4, -0.2) is 43.4 Å². The van der Waals surface area contributed by atoms with Crippen LogP contribution in [0.15, 0.2) is 35.4 Å². The van der Waals surface area contributed by atoms with E-state index in [0.717, 1.165) is 36.9 Å². The number of pyridine rings is 1. The molecule has 3 aromatic heterocycles. The van der Waals surface area contributed by atoms with Crippen LogP contribution in [0.25, 0.3) is 16.9 Å². The molecular weight excluding hydrogens is 318 g/mol. The summed E-state index contributed by atoms with van der Waals surface area (Å²) in [4.78, 5) is 22.8. The number of fused-ring (bicyclic) bond motifs is 1. The Kier molecular flexibility index (Phi) is 4.21. The smallest absolute Gasteiger partial charge is 0.231 e. The van der Waals surface area contributed by atoms with Crippen molar-refractivity contribution in [1.82, 2.24) is 24.4 Å². The van der Waals surface area contributed by atoms with E-state index in [1.165, 1.54) is 0 Å². The monoisotopic (exact) mass is 339 g/mol. The van der Waals surface area contributed by atoms with Crippen molar-refractivity contribution in [2.24, 2.45) is 0 Å². The number of carbonyl (C=O) groups is 1. The highest BCUT2D eigenvalue weighted by Gasteiger charge is 2.28. The summed E-state index contributed by atoms with van der Waals surface area (Å²) in [6, 6.07) is 3.94. The maximum atomic E-state index is 12.2. The quantitative estimate of drug-likeness (QED) is 0.730. The topological polar surface area (TPSA) is 76.5 Å². The lowest BCUT2D eigenvalue weighted by Gasteiger charge is -2.31. The van der Waals surface area contributed by atoms with Crippen LogP contribution in [0.4, 0.5) is 0 Å². The van der Waals surface area contributed by atoms with Crippen molar-refractivity contribution in [1.29, 1.82) is 0 Å². The lowest BCUT2D eigenvalue weighted by atomic mass is 9.97. The summed E-state index contributed by atoms with van der Waals surface area (Å²) in [7, 11) is 0. The Morgan fingerprint density at radius 1 is 1.40 bits per heavy atom. The van der Waals surface area contributed by atoms with Gasteiger partial charge in [-0.3, -0.25) is 4.79 Å². The average molecular weight is 339 g/mol. The molecule has 1 aliphatic rings. The van der Waals surface area contributed by atoms with E-state index in [9.17, 15) is 4.79 Å². The second kappa shape index (κ2) is 6.66. The fourth-order valence-corrected chi connectivity index (χ4v) is 3.35. The molecule has 1 unspecified atom stereocenters. The molecule has 0 N–H and O–H groups in total. The molecule has 0 aliphatic carbocycles. The summed E-state index contributed by atoms with van der Waals surface area (Å²) in [5.74, 6) is 1.53. The van der Waals surface area contributed by atoms with E-state index >= 15 is 0 Å². The summed E-state index contributed by atoms with van der Waals surface area (Å²) >= 11 is 0. The first-order valence-corrected chi connectivity index (χ1v) is 8.78. The summed E-state index contributed by atoms with van der Waals surface area (Å²) in [5.41, 5.74) is 1.90. The predicted molar refractivity (Wildman–Crippen MR) is 91.9 cm³/mol. The molecule has 0 spiro atoms. The Balaban J connectivity index is 1.53. The number of aromatic nitrogens is 4. The number of rotatable bonds is 4. The van der Waals surface area contributed by atoms with Gasteiger partial charge in [0.2, 0.25) is 17.6 Å². The summed E-state index contributed by atoms with van der Waals surface area (Å²) < 4.78 is 7.44. The second-order valence-electron chi connectivity index (χ2n) is 6.53. The molecule has 0 radical (unpaired) electrons. The number of hydrogen-bond acceptors (Lipinski definition) is 5. The van der Waals surface area contributed by atoms with Gasteiger partial charge in [-0.2, -0.15) is 4.98 Å². The number of carbonyl (C=O) groups excluding carboxylic acids is 1. The van der Waals surface area contributed by atoms with Gasteiger partial charge in [0.25, 0.3) is 0 Å². The van der Waals surface area contributed by atoms with Crippen molar-refractivity contribution in [3.05, 3.63) is 36.7 Å². The van der Waals surface area contributed by atoms with Crippen molar-refractivity contribution >= 4 is 11.4 Å². The molecule has 7 heteroatoms. The van der Waals surface area contributed by atoms with Crippen LogP contribution in [0.1, 0.15) is 44.4 Å². The lowest BCUT2D eigenvalue weighted by Crippen LogP contribution is -2.39. The Labute approximate surface area is 145 Å². The van der Waals surface area contributed by atoms with Gasteiger partial charge >= 0.3 is 0 Å². The van der Waals surface area contributed by atoms with E-state index in [-0.39, 0.29) is 11.8 Å². The van der Waals surface area contributed by atoms with E-state index in [1.54, 1.807) is 12.5 Å². The maximum absolute atomic E-state index is 12.2. The first-order chi connectivity index (χ1) is 12.2. The number of imidazole rings is 1. The minimum absolute atomic E-state index is 0.118. The normalized spacial score (nSPS) is 18.0. The van der Waals surface area contributed by atoms with E-state index < -0.39 is 0 Å². The first-order valence-electron chi connectivity index (χ1n) is 8.78. The highest BCUT2D eigenvalue weighted by atomic mass is 16.5. The van der Waals surface area contributed by atoms with Crippen molar-refractivity contribution < 1.29 is 9.32 Å². The van der Waals surface area contributed by atoms with Gasteiger partial charge in [0.05, 0.1) is 24.0 Å². The maximum Gasteiger partial charge on any atom is 0.231 e. The standard InChI is InChI=1S/C18H21N5O2/c1-2-4-16(24)22-8-3-5-14(11-22)18-20-17(21-25-18)13-6-7-15-9-19-12-23(15)10-13/h6-7,9-10,12,14H,2-5,8,11H2,1H3. The van der Waals surface area contributed by atoms with E-state index in [0.29, 0.717) is 24.7 Å². The fourth-order valence-electron chi connectivity index (χ4n) is 3.35. The van der Waals surface area contributed by atoms with Gasteiger partial charge < -0.3 is 13.8 Å². The van der Waals surface area contributed by atoms with Crippen LogP contribution in [0.3, 0.4) is 0 Å². The number of nitrogens with zero attached hydrogens (tertiary/aromatic N) is 5. The summed E-state index contributed by atoms with van der Waals surface area (Å²) in [6.07, 6.45) is 8.91. The lowest BCUT2D eigenvalue weighted by molar-refractivity contribution is -0.132. The number of hydrogen-bond donors (Lipinski definition) is 0. The van der Waals surface area contributed by atoms with Crippen LogP contribution in [0.2, 0.25) is 0 Å². The Hall–Kier alpha value is -2.70. The Morgan fingerprint density at radius 3 is 3.20 bits per heavy atom. The van der Waals surface area contributed by atoms with Crippen molar-refractivity contribution in [3.63, 3.8) is 0 Å². The van der Waals surface area contributed by atoms with Gasteiger partial charge in [-0.15, -0.1) is 0 Å². The Bertz CT molecular complexity index is 884. The zero-order chi connectivity index (χ0) is 17.2. The third kappa shape index (κ3) is 3.14. The van der Waals surface area contributed by atoms with Gasteiger partial charge in [-0.25, -0.2) is 4.98 Å². The fraction of sp³-hybridized carbons (Fsp3) is 0.444. The summed E-state index contributed by atoms with van der Waals surface area (Å²) in [5, 5.41) is 4.14. The number of piperidine rings is 1. The molecule has 1 atom stereocenters. The third-order valence-electron chi connectivity index (χ3n) is 4.69. The highest BCUT2D eigenvalue weighted by Crippen LogP contribution is 2.28.